The molecule has 2 rings (SSSR count). The van der Waals surface area contributed by atoms with Gasteiger partial charge in [0.25, 0.3) is 5.91 Å². The van der Waals surface area contributed by atoms with Crippen LogP contribution in [0.1, 0.15) is 23.7 Å². The van der Waals surface area contributed by atoms with Gasteiger partial charge >= 0.3 is 0 Å². The Morgan fingerprint density at radius 2 is 2.10 bits per heavy atom. The van der Waals surface area contributed by atoms with Crippen LogP contribution in [0.3, 0.4) is 0 Å². The van der Waals surface area contributed by atoms with Crippen molar-refractivity contribution in [1.82, 2.24) is 4.90 Å². The van der Waals surface area contributed by atoms with Crippen LogP contribution in [-0.4, -0.2) is 49.8 Å². The Morgan fingerprint density at radius 3 is 2.67 bits per heavy atom. The van der Waals surface area contributed by atoms with Crippen LogP contribution in [0.15, 0.2) is 23.1 Å². The molecule has 116 valence electrons. The van der Waals surface area contributed by atoms with E-state index < -0.39 is 15.9 Å². The normalized spacial score (nSPS) is 23.1. The number of carbonyl (C=O) groups is 1. The van der Waals surface area contributed by atoms with E-state index in [1.54, 1.807) is 4.90 Å². The highest BCUT2D eigenvalue weighted by molar-refractivity contribution is 7.90. The van der Waals surface area contributed by atoms with Gasteiger partial charge in [-0.05, 0) is 30.5 Å². The molecule has 21 heavy (non-hydrogen) atoms. The summed E-state index contributed by atoms with van der Waals surface area (Å²) in [5.74, 6) is -0.236. The number of hydrogen-bond donors (Lipinski definition) is 1. The minimum Gasteiger partial charge on any atom is -0.393 e. The van der Waals surface area contributed by atoms with Gasteiger partial charge in [-0.1, -0.05) is 18.5 Å². The average Bonchev–Trinajstić information content (AvgIpc) is 2.40. The lowest BCUT2D eigenvalue weighted by Crippen LogP contribution is -2.45. The molecule has 1 saturated heterocycles. The van der Waals surface area contributed by atoms with Crippen LogP contribution in [0, 0.1) is 5.92 Å². The van der Waals surface area contributed by atoms with E-state index in [0.29, 0.717) is 25.1 Å². The van der Waals surface area contributed by atoms with Crippen molar-refractivity contribution in [1.29, 1.82) is 0 Å². The van der Waals surface area contributed by atoms with E-state index in [2.05, 4.69) is 0 Å². The zero-order valence-corrected chi connectivity index (χ0v) is 13.5. The van der Waals surface area contributed by atoms with Crippen molar-refractivity contribution in [3.8, 4) is 0 Å². The van der Waals surface area contributed by atoms with Crippen LogP contribution in [0.5, 0.6) is 0 Å². The van der Waals surface area contributed by atoms with Gasteiger partial charge in [0.1, 0.15) is 0 Å². The predicted molar refractivity (Wildman–Crippen MR) is 80.3 cm³/mol. The van der Waals surface area contributed by atoms with E-state index in [1.165, 1.54) is 18.2 Å². The number of nitrogens with zero attached hydrogens (tertiary/aromatic N) is 1. The molecule has 0 bridgehead atoms. The first-order valence-corrected chi connectivity index (χ1v) is 8.94. The molecule has 5 nitrogen and oxygen atoms in total. The summed E-state index contributed by atoms with van der Waals surface area (Å²) in [5, 5.41) is 9.81. The van der Waals surface area contributed by atoms with E-state index in [1.807, 2.05) is 6.92 Å². The van der Waals surface area contributed by atoms with Gasteiger partial charge in [-0.25, -0.2) is 8.42 Å². The maximum atomic E-state index is 12.4. The molecule has 0 aliphatic carbocycles. The van der Waals surface area contributed by atoms with Crippen molar-refractivity contribution in [2.75, 3.05) is 19.3 Å². The molecule has 1 aliphatic heterocycles. The number of aliphatic hydroxyl groups is 1. The quantitative estimate of drug-likeness (QED) is 0.893. The lowest BCUT2D eigenvalue weighted by atomic mass is 9.96. The summed E-state index contributed by atoms with van der Waals surface area (Å²) in [5.41, 5.74) is 0.295. The highest BCUT2D eigenvalue weighted by atomic mass is 35.5. The molecule has 1 heterocycles. The van der Waals surface area contributed by atoms with Crippen molar-refractivity contribution in [3.05, 3.63) is 28.8 Å². The van der Waals surface area contributed by atoms with Gasteiger partial charge in [0.15, 0.2) is 9.84 Å². The van der Waals surface area contributed by atoms with Gasteiger partial charge in [-0.15, -0.1) is 0 Å². The zero-order valence-electron chi connectivity index (χ0n) is 11.9. The van der Waals surface area contributed by atoms with Crippen LogP contribution >= 0.6 is 11.6 Å². The average molecular weight is 332 g/mol. The number of aliphatic hydroxyl groups excluding tert-OH is 1. The largest absolute Gasteiger partial charge is 0.393 e. The van der Waals surface area contributed by atoms with Crippen molar-refractivity contribution >= 4 is 27.3 Å². The fraction of sp³-hybridized carbons (Fsp3) is 0.500. The van der Waals surface area contributed by atoms with E-state index in [0.717, 1.165) is 6.26 Å². The molecule has 2 atom stereocenters. The summed E-state index contributed by atoms with van der Waals surface area (Å²) >= 11 is 5.88. The van der Waals surface area contributed by atoms with Crippen LogP contribution < -0.4 is 0 Å². The summed E-state index contributed by atoms with van der Waals surface area (Å²) in [6.45, 7) is 2.80. The summed E-state index contributed by atoms with van der Waals surface area (Å²) in [4.78, 5) is 14.0. The third kappa shape index (κ3) is 3.56. The molecule has 1 amide bonds. The van der Waals surface area contributed by atoms with Gasteiger partial charge in [0, 0.05) is 24.9 Å². The molecule has 7 heteroatoms. The first-order valence-electron chi connectivity index (χ1n) is 6.67. The highest BCUT2D eigenvalue weighted by Crippen LogP contribution is 2.24. The molecule has 1 N–H and O–H groups in total. The molecule has 0 aromatic heterocycles. The van der Waals surface area contributed by atoms with E-state index in [4.69, 9.17) is 11.6 Å². The third-order valence-electron chi connectivity index (χ3n) is 3.72. The number of likely N-dealkylation sites (tertiary alicyclic amines) is 1. The number of halogens is 1. The minimum absolute atomic E-state index is 0.00405. The Bertz CT molecular complexity index is 659. The van der Waals surface area contributed by atoms with E-state index in [9.17, 15) is 18.3 Å². The topological polar surface area (TPSA) is 74.7 Å². The van der Waals surface area contributed by atoms with E-state index in [-0.39, 0.29) is 21.7 Å². The van der Waals surface area contributed by atoms with Crippen molar-refractivity contribution in [3.63, 3.8) is 0 Å². The van der Waals surface area contributed by atoms with Crippen molar-refractivity contribution < 1.29 is 18.3 Å². The molecular formula is C14H18ClNO4S. The summed E-state index contributed by atoms with van der Waals surface area (Å²) < 4.78 is 23.3. The molecule has 0 radical (unpaired) electrons. The fourth-order valence-electron chi connectivity index (χ4n) is 2.42. The first kappa shape index (κ1) is 16.3. The van der Waals surface area contributed by atoms with Gasteiger partial charge in [0.2, 0.25) is 0 Å². The number of rotatable bonds is 2. The molecule has 0 saturated carbocycles. The zero-order chi connectivity index (χ0) is 15.8. The van der Waals surface area contributed by atoms with Crippen LogP contribution in [0.25, 0.3) is 0 Å². The number of benzene rings is 1. The fourth-order valence-corrected chi connectivity index (χ4v) is 3.72. The van der Waals surface area contributed by atoms with Crippen LogP contribution in [0.2, 0.25) is 5.02 Å². The second kappa shape index (κ2) is 5.94. The smallest absolute Gasteiger partial charge is 0.253 e. The van der Waals surface area contributed by atoms with Crippen molar-refractivity contribution in [2.24, 2.45) is 5.92 Å². The Kier molecular flexibility index (Phi) is 4.60. The first-order chi connectivity index (χ1) is 9.70. The van der Waals surface area contributed by atoms with Crippen LogP contribution in [0.4, 0.5) is 0 Å². The maximum absolute atomic E-state index is 12.4. The number of hydrogen-bond acceptors (Lipinski definition) is 4. The van der Waals surface area contributed by atoms with Crippen LogP contribution in [-0.2, 0) is 9.84 Å². The molecule has 1 aliphatic rings. The number of sulfone groups is 1. The molecule has 0 spiro atoms. The van der Waals surface area contributed by atoms with Gasteiger partial charge in [0.05, 0.1) is 16.0 Å². The SMILES string of the molecule is CC1CN(C(=O)c2ccc(Cl)c(S(C)(=O)=O)c2)CCC1O. The maximum Gasteiger partial charge on any atom is 0.253 e. The second-order valence-electron chi connectivity index (χ2n) is 5.50. The Hall–Kier alpha value is -1.11. The Balaban J connectivity index is 2.28. The van der Waals surface area contributed by atoms with Gasteiger partial charge in [-0.3, -0.25) is 4.79 Å². The van der Waals surface area contributed by atoms with E-state index >= 15 is 0 Å². The molecule has 1 aromatic rings. The lowest BCUT2D eigenvalue weighted by molar-refractivity contribution is 0.0297. The predicted octanol–water partition coefficient (Wildman–Crippen LogP) is 1.59. The summed E-state index contributed by atoms with van der Waals surface area (Å²) in [6.07, 6.45) is 1.19. The third-order valence-corrected chi connectivity index (χ3v) is 5.30. The number of amides is 1. The minimum atomic E-state index is -3.48. The Morgan fingerprint density at radius 1 is 1.43 bits per heavy atom. The monoisotopic (exact) mass is 331 g/mol. The Labute approximate surface area is 129 Å². The molecule has 2 unspecified atom stereocenters. The molecule has 1 fully saturated rings. The molecular weight excluding hydrogens is 314 g/mol. The standard InChI is InChI=1S/C14H18ClNO4S/c1-9-8-16(6-5-12(9)17)14(18)10-3-4-11(15)13(7-10)21(2,19)20/h3-4,7,9,12,17H,5-6,8H2,1-2H3. The van der Waals surface area contributed by atoms with Crippen molar-refractivity contribution in [2.45, 2.75) is 24.3 Å². The summed E-state index contributed by atoms with van der Waals surface area (Å²) in [6, 6.07) is 4.26. The van der Waals surface area contributed by atoms with Gasteiger partial charge < -0.3 is 10.0 Å². The number of piperidine rings is 1. The summed E-state index contributed by atoms with van der Waals surface area (Å²) in [7, 11) is -3.48. The second-order valence-corrected chi connectivity index (χ2v) is 7.89. The highest BCUT2D eigenvalue weighted by Gasteiger charge is 2.28. The number of carbonyl (C=O) groups excluding carboxylic acids is 1. The van der Waals surface area contributed by atoms with Gasteiger partial charge in [-0.2, -0.15) is 0 Å². The lowest BCUT2D eigenvalue weighted by Gasteiger charge is -2.34. The molecule has 1 aromatic carbocycles.